The molecule has 0 aliphatic heterocycles. The Kier molecular flexibility index (Phi) is 5.61. The van der Waals surface area contributed by atoms with Crippen molar-refractivity contribution in [3.63, 3.8) is 0 Å². The van der Waals surface area contributed by atoms with Gasteiger partial charge in [-0.2, -0.15) is 4.57 Å². The molecular formula is C15H14ClN2OS2+. The molecule has 2 heterocycles. The molecule has 0 aromatic carbocycles. The normalized spacial score (nSPS) is 11.7. The maximum atomic E-state index is 12.7. The standard InChI is InChI=1S/C15H13ClN2OS2/c1-2-8-17-15(20)13(18-9-4-3-5-10-18)14(19)11-6-7-12(16)21-11/h2-7,9-10,13H,1,8H2/p+1. The van der Waals surface area contributed by atoms with Gasteiger partial charge in [0.15, 0.2) is 17.4 Å². The van der Waals surface area contributed by atoms with Gasteiger partial charge in [-0.05, 0) is 12.1 Å². The molecule has 3 nitrogen and oxygen atoms in total. The van der Waals surface area contributed by atoms with Crippen molar-refractivity contribution >= 4 is 45.9 Å². The van der Waals surface area contributed by atoms with Gasteiger partial charge in [-0.15, -0.1) is 17.9 Å². The van der Waals surface area contributed by atoms with Crippen LogP contribution in [0.2, 0.25) is 4.34 Å². The summed E-state index contributed by atoms with van der Waals surface area (Å²) in [6, 6.07) is 8.46. The molecule has 108 valence electrons. The van der Waals surface area contributed by atoms with Crippen molar-refractivity contribution in [1.82, 2.24) is 5.32 Å². The lowest BCUT2D eigenvalue weighted by atomic mass is 10.1. The predicted octanol–water partition coefficient (Wildman–Crippen LogP) is 3.22. The summed E-state index contributed by atoms with van der Waals surface area (Å²) in [5, 5.41) is 3.03. The van der Waals surface area contributed by atoms with Crippen LogP contribution in [0, 0.1) is 0 Å². The fraction of sp³-hybridized carbons (Fsp3) is 0.133. The van der Waals surface area contributed by atoms with Gasteiger partial charge in [0.05, 0.1) is 9.21 Å². The van der Waals surface area contributed by atoms with Crippen molar-refractivity contribution in [2.75, 3.05) is 6.54 Å². The molecule has 21 heavy (non-hydrogen) atoms. The molecule has 0 aliphatic carbocycles. The lowest BCUT2D eigenvalue weighted by molar-refractivity contribution is -0.692. The van der Waals surface area contributed by atoms with Crippen LogP contribution >= 0.6 is 35.2 Å². The smallest absolute Gasteiger partial charge is 0.271 e. The van der Waals surface area contributed by atoms with Crippen LogP contribution in [0.25, 0.3) is 0 Å². The van der Waals surface area contributed by atoms with E-state index in [0.717, 1.165) is 0 Å². The first-order chi connectivity index (χ1) is 10.1. The van der Waals surface area contributed by atoms with Crippen molar-refractivity contribution in [2.45, 2.75) is 6.04 Å². The van der Waals surface area contributed by atoms with Crippen LogP contribution in [-0.2, 0) is 0 Å². The minimum atomic E-state index is -0.587. The van der Waals surface area contributed by atoms with Gasteiger partial charge in [-0.25, -0.2) is 0 Å². The molecule has 1 unspecified atom stereocenters. The number of rotatable bonds is 6. The summed E-state index contributed by atoms with van der Waals surface area (Å²) in [7, 11) is 0. The Labute approximate surface area is 137 Å². The molecule has 0 bridgehead atoms. The molecule has 0 amide bonds. The molecule has 0 aliphatic rings. The van der Waals surface area contributed by atoms with Crippen molar-refractivity contribution in [1.29, 1.82) is 0 Å². The average molecular weight is 338 g/mol. The van der Waals surface area contributed by atoms with Gasteiger partial charge in [0.2, 0.25) is 5.78 Å². The van der Waals surface area contributed by atoms with E-state index < -0.39 is 6.04 Å². The van der Waals surface area contributed by atoms with Gasteiger partial charge in [0.1, 0.15) is 0 Å². The second-order valence-electron chi connectivity index (χ2n) is 4.23. The second kappa shape index (κ2) is 7.45. The summed E-state index contributed by atoms with van der Waals surface area (Å²) in [4.78, 5) is 13.8. The number of nitrogens with zero attached hydrogens (tertiary/aromatic N) is 1. The number of hydrogen-bond donors (Lipinski definition) is 1. The molecule has 2 aromatic heterocycles. The molecule has 0 spiro atoms. The Balaban J connectivity index is 2.33. The van der Waals surface area contributed by atoms with E-state index >= 15 is 0 Å². The van der Waals surface area contributed by atoms with Gasteiger partial charge in [-0.3, -0.25) is 4.79 Å². The first-order valence-corrected chi connectivity index (χ1v) is 7.87. The molecular weight excluding hydrogens is 324 g/mol. The summed E-state index contributed by atoms with van der Waals surface area (Å²) in [5.41, 5.74) is 0. The van der Waals surface area contributed by atoms with Crippen LogP contribution < -0.4 is 9.88 Å². The van der Waals surface area contributed by atoms with Crippen LogP contribution in [0.4, 0.5) is 0 Å². The lowest BCUT2D eigenvalue weighted by Gasteiger charge is -2.12. The average Bonchev–Trinajstić information content (AvgIpc) is 2.93. The van der Waals surface area contributed by atoms with E-state index in [1.165, 1.54) is 11.3 Å². The van der Waals surface area contributed by atoms with Gasteiger partial charge >= 0.3 is 0 Å². The van der Waals surface area contributed by atoms with Crippen LogP contribution in [0.5, 0.6) is 0 Å². The van der Waals surface area contributed by atoms with Gasteiger partial charge < -0.3 is 5.32 Å². The van der Waals surface area contributed by atoms with Gasteiger partial charge in [-0.1, -0.05) is 36.0 Å². The number of Topliss-reactive ketones (excluding diaryl/α,β-unsaturated/α-hetero) is 1. The Morgan fingerprint density at radius 3 is 2.71 bits per heavy atom. The van der Waals surface area contributed by atoms with E-state index in [1.807, 2.05) is 30.6 Å². The van der Waals surface area contributed by atoms with Crippen molar-refractivity contribution in [2.24, 2.45) is 0 Å². The Bertz CT molecular complexity index is 655. The number of thiophene rings is 1. The minimum absolute atomic E-state index is 0.0790. The zero-order valence-electron chi connectivity index (χ0n) is 11.2. The third-order valence-electron chi connectivity index (χ3n) is 2.77. The number of nitrogens with one attached hydrogen (secondary N) is 1. The predicted molar refractivity (Wildman–Crippen MR) is 90.1 cm³/mol. The highest BCUT2D eigenvalue weighted by atomic mass is 35.5. The van der Waals surface area contributed by atoms with E-state index in [4.69, 9.17) is 23.8 Å². The second-order valence-corrected chi connectivity index (χ2v) is 6.38. The highest BCUT2D eigenvalue weighted by molar-refractivity contribution is 7.80. The zero-order chi connectivity index (χ0) is 15.2. The van der Waals surface area contributed by atoms with Gasteiger partial charge in [0, 0.05) is 18.7 Å². The number of carbonyl (C=O) groups excluding carboxylic acids is 1. The van der Waals surface area contributed by atoms with Gasteiger partial charge in [0.25, 0.3) is 6.04 Å². The Hall–Kier alpha value is -1.56. The number of pyridine rings is 1. The molecule has 0 saturated heterocycles. The zero-order valence-corrected chi connectivity index (χ0v) is 13.5. The molecule has 2 aromatic rings. The van der Waals surface area contributed by atoms with Crippen LogP contribution in [0.1, 0.15) is 15.7 Å². The van der Waals surface area contributed by atoms with E-state index in [1.54, 1.807) is 22.8 Å². The number of thiocarbonyl (C=S) groups is 1. The fourth-order valence-corrected chi connectivity index (χ4v) is 3.14. The SMILES string of the molecule is C=CCNC(=S)C(C(=O)c1ccc(Cl)s1)[n+]1ccccc1. The molecule has 6 heteroatoms. The van der Waals surface area contributed by atoms with Crippen molar-refractivity contribution < 1.29 is 9.36 Å². The summed E-state index contributed by atoms with van der Waals surface area (Å²) in [6.07, 6.45) is 5.34. The number of carbonyl (C=O) groups is 1. The van der Waals surface area contributed by atoms with E-state index in [2.05, 4.69) is 11.9 Å². The number of hydrogen-bond acceptors (Lipinski definition) is 3. The highest BCUT2D eigenvalue weighted by Crippen LogP contribution is 2.24. The quantitative estimate of drug-likeness (QED) is 0.380. The number of halogens is 1. The molecule has 1 atom stereocenters. The Morgan fingerprint density at radius 1 is 1.43 bits per heavy atom. The third kappa shape index (κ3) is 3.97. The molecule has 2 rings (SSSR count). The summed E-state index contributed by atoms with van der Waals surface area (Å²) < 4.78 is 2.37. The lowest BCUT2D eigenvalue weighted by Crippen LogP contribution is -2.51. The summed E-state index contributed by atoms with van der Waals surface area (Å²) in [6.45, 7) is 4.16. The van der Waals surface area contributed by atoms with Crippen molar-refractivity contribution in [3.05, 3.63) is 64.6 Å². The fourth-order valence-electron chi connectivity index (χ4n) is 1.82. The summed E-state index contributed by atoms with van der Waals surface area (Å²) >= 11 is 12.5. The maximum Gasteiger partial charge on any atom is 0.271 e. The molecule has 0 saturated carbocycles. The first kappa shape index (κ1) is 15.8. The van der Waals surface area contributed by atoms with E-state index in [-0.39, 0.29) is 5.78 Å². The Morgan fingerprint density at radius 2 is 2.14 bits per heavy atom. The minimum Gasteiger partial charge on any atom is -0.370 e. The summed E-state index contributed by atoms with van der Waals surface area (Å²) in [5.74, 6) is -0.0790. The number of aromatic nitrogens is 1. The van der Waals surface area contributed by atoms with E-state index in [9.17, 15) is 4.79 Å². The molecule has 1 N–H and O–H groups in total. The maximum absolute atomic E-state index is 12.7. The highest BCUT2D eigenvalue weighted by Gasteiger charge is 2.33. The number of ketones is 1. The van der Waals surface area contributed by atoms with Crippen molar-refractivity contribution in [3.8, 4) is 0 Å². The monoisotopic (exact) mass is 337 g/mol. The first-order valence-electron chi connectivity index (χ1n) is 6.27. The van der Waals surface area contributed by atoms with Crippen LogP contribution in [0.15, 0.2) is 55.4 Å². The van der Waals surface area contributed by atoms with E-state index in [0.29, 0.717) is 20.7 Å². The third-order valence-corrected chi connectivity index (χ3v) is 4.38. The molecule has 0 radical (unpaired) electrons. The van der Waals surface area contributed by atoms with Crippen LogP contribution in [-0.4, -0.2) is 17.3 Å². The molecule has 0 fully saturated rings. The largest absolute Gasteiger partial charge is 0.370 e. The van der Waals surface area contributed by atoms with Crippen LogP contribution in [0.3, 0.4) is 0 Å². The topological polar surface area (TPSA) is 33.0 Å².